The van der Waals surface area contributed by atoms with Gasteiger partial charge in [-0.25, -0.2) is 0 Å². The van der Waals surface area contributed by atoms with Crippen molar-refractivity contribution in [3.8, 4) is 11.5 Å². The Morgan fingerprint density at radius 3 is 2.37 bits per heavy atom. The van der Waals surface area contributed by atoms with Gasteiger partial charge in [0.25, 0.3) is 5.91 Å². The summed E-state index contributed by atoms with van der Waals surface area (Å²) >= 11 is 1.39. The summed E-state index contributed by atoms with van der Waals surface area (Å²) in [6.07, 6.45) is -0.0229. The quantitative estimate of drug-likeness (QED) is 0.387. The van der Waals surface area contributed by atoms with Gasteiger partial charge in [0, 0.05) is 11.3 Å². The lowest BCUT2D eigenvalue weighted by Gasteiger charge is -2.12. The molecule has 1 heterocycles. The summed E-state index contributed by atoms with van der Waals surface area (Å²) in [5.74, 6) is -0.0915. The predicted octanol–water partition coefficient (Wildman–Crippen LogP) is 4.99. The monoisotopic (exact) mass is 423 g/mol. The van der Waals surface area contributed by atoms with Crippen LogP contribution in [-0.4, -0.2) is 24.3 Å². The van der Waals surface area contributed by atoms with E-state index in [1.165, 1.54) is 11.3 Å². The van der Waals surface area contributed by atoms with Gasteiger partial charge >= 0.3 is 5.97 Å². The number of carbonyl (C=O) groups is 3. The lowest BCUT2D eigenvalue weighted by Crippen LogP contribution is -2.21. The highest BCUT2D eigenvalue weighted by atomic mass is 32.1. The van der Waals surface area contributed by atoms with E-state index >= 15 is 0 Å². The number of benzene rings is 2. The van der Waals surface area contributed by atoms with Gasteiger partial charge in [-0.15, -0.1) is 11.3 Å². The molecule has 0 bridgehead atoms. The fourth-order valence-electron chi connectivity index (χ4n) is 2.60. The number of esters is 1. The van der Waals surface area contributed by atoms with E-state index in [0.717, 1.165) is 4.88 Å². The Labute approximate surface area is 178 Å². The lowest BCUT2D eigenvalue weighted by atomic mass is 10.2. The third kappa shape index (κ3) is 6.28. The van der Waals surface area contributed by atoms with E-state index in [2.05, 4.69) is 5.32 Å². The van der Waals surface area contributed by atoms with Gasteiger partial charge in [0.1, 0.15) is 5.75 Å². The van der Waals surface area contributed by atoms with Crippen LogP contribution in [0.2, 0.25) is 0 Å². The summed E-state index contributed by atoms with van der Waals surface area (Å²) < 4.78 is 10.8. The second kappa shape index (κ2) is 10.4. The van der Waals surface area contributed by atoms with Crippen molar-refractivity contribution >= 4 is 34.7 Å². The molecule has 0 aliphatic carbocycles. The molecule has 2 aromatic carbocycles. The smallest absolute Gasteiger partial charge is 0.306 e. The standard InChI is InChI=1S/C23H21NO5S/c1-16-11-13-21(30-16)19(25)12-14-23(27)28-15-22(26)24-18-9-5-6-10-20(18)29-17-7-3-2-4-8-17/h2-11,13H,12,14-15H2,1H3,(H,24,26). The maximum Gasteiger partial charge on any atom is 0.306 e. The molecule has 0 atom stereocenters. The number of anilines is 1. The van der Waals surface area contributed by atoms with Gasteiger partial charge in [-0.05, 0) is 43.3 Å². The first-order chi connectivity index (χ1) is 14.5. The zero-order valence-corrected chi connectivity index (χ0v) is 17.2. The van der Waals surface area contributed by atoms with Crippen molar-refractivity contribution in [3.05, 3.63) is 76.5 Å². The lowest BCUT2D eigenvalue weighted by molar-refractivity contribution is -0.147. The van der Waals surface area contributed by atoms with E-state index in [9.17, 15) is 14.4 Å². The first-order valence-corrected chi connectivity index (χ1v) is 10.2. The largest absolute Gasteiger partial charge is 0.456 e. The van der Waals surface area contributed by atoms with Crippen molar-refractivity contribution in [2.24, 2.45) is 0 Å². The van der Waals surface area contributed by atoms with E-state index in [-0.39, 0.29) is 18.6 Å². The molecule has 0 spiro atoms. The Morgan fingerprint density at radius 1 is 0.900 bits per heavy atom. The van der Waals surface area contributed by atoms with Crippen molar-refractivity contribution in [1.82, 2.24) is 0 Å². The van der Waals surface area contributed by atoms with Crippen LogP contribution in [0.25, 0.3) is 0 Å². The molecule has 3 rings (SSSR count). The molecule has 0 unspecified atom stereocenters. The zero-order chi connectivity index (χ0) is 21.3. The molecule has 0 fully saturated rings. The number of Topliss-reactive ketones (excluding diaryl/α,β-unsaturated/α-hetero) is 1. The molecule has 3 aromatic rings. The van der Waals surface area contributed by atoms with Gasteiger partial charge < -0.3 is 14.8 Å². The number of amides is 1. The Bertz CT molecular complexity index is 1030. The van der Waals surface area contributed by atoms with Crippen LogP contribution in [-0.2, 0) is 14.3 Å². The van der Waals surface area contributed by atoms with E-state index in [1.54, 1.807) is 42.5 Å². The number of thiophene rings is 1. The van der Waals surface area contributed by atoms with Crippen LogP contribution >= 0.6 is 11.3 Å². The molecule has 0 saturated carbocycles. The number of ether oxygens (including phenoxy) is 2. The maximum atomic E-state index is 12.2. The topological polar surface area (TPSA) is 81.7 Å². The molecule has 154 valence electrons. The van der Waals surface area contributed by atoms with Gasteiger partial charge in [-0.2, -0.15) is 0 Å². The summed E-state index contributed by atoms with van der Waals surface area (Å²) in [6, 6.07) is 19.8. The number of nitrogens with one attached hydrogen (secondary N) is 1. The fourth-order valence-corrected chi connectivity index (χ4v) is 3.44. The summed E-state index contributed by atoms with van der Waals surface area (Å²) in [5, 5.41) is 2.67. The van der Waals surface area contributed by atoms with E-state index < -0.39 is 18.5 Å². The minimum Gasteiger partial charge on any atom is -0.456 e. The fraction of sp³-hybridized carbons (Fsp3) is 0.174. The molecule has 0 radical (unpaired) electrons. The predicted molar refractivity (Wildman–Crippen MR) is 115 cm³/mol. The van der Waals surface area contributed by atoms with Crippen LogP contribution in [0.4, 0.5) is 5.69 Å². The van der Waals surface area contributed by atoms with E-state index in [4.69, 9.17) is 9.47 Å². The number of ketones is 1. The van der Waals surface area contributed by atoms with Gasteiger partial charge in [0.15, 0.2) is 18.1 Å². The molecule has 1 amide bonds. The maximum absolute atomic E-state index is 12.2. The van der Waals surface area contributed by atoms with Crippen molar-refractivity contribution < 1.29 is 23.9 Å². The second-order valence-electron chi connectivity index (χ2n) is 6.45. The Balaban J connectivity index is 1.46. The third-order valence-electron chi connectivity index (χ3n) is 4.07. The van der Waals surface area contributed by atoms with Crippen LogP contribution in [0.15, 0.2) is 66.7 Å². The number of carbonyl (C=O) groups excluding carboxylic acids is 3. The van der Waals surface area contributed by atoms with Gasteiger partial charge in [0.05, 0.1) is 17.0 Å². The summed E-state index contributed by atoms with van der Waals surface area (Å²) in [4.78, 5) is 37.7. The molecule has 6 nitrogen and oxygen atoms in total. The SMILES string of the molecule is Cc1ccc(C(=O)CCC(=O)OCC(=O)Nc2ccccc2Oc2ccccc2)s1. The minimum absolute atomic E-state index is 0.0498. The molecule has 0 saturated heterocycles. The Hall–Kier alpha value is -3.45. The van der Waals surface area contributed by atoms with Crippen molar-refractivity contribution in [1.29, 1.82) is 0 Å². The minimum atomic E-state index is -0.597. The van der Waals surface area contributed by atoms with Crippen molar-refractivity contribution in [2.75, 3.05) is 11.9 Å². The van der Waals surface area contributed by atoms with Gasteiger partial charge in [-0.3, -0.25) is 14.4 Å². The van der Waals surface area contributed by atoms with Gasteiger partial charge in [0.2, 0.25) is 0 Å². The highest BCUT2D eigenvalue weighted by molar-refractivity contribution is 7.14. The first kappa shape index (κ1) is 21.3. The molecule has 1 aromatic heterocycles. The Kier molecular flexibility index (Phi) is 7.34. The number of rotatable bonds is 9. The average Bonchev–Trinajstić information content (AvgIpc) is 3.19. The summed E-state index contributed by atoms with van der Waals surface area (Å²) in [5.41, 5.74) is 0.464. The molecular weight excluding hydrogens is 402 g/mol. The first-order valence-electron chi connectivity index (χ1n) is 9.38. The highest BCUT2D eigenvalue weighted by Crippen LogP contribution is 2.29. The molecule has 30 heavy (non-hydrogen) atoms. The second-order valence-corrected chi connectivity index (χ2v) is 7.74. The summed E-state index contributed by atoms with van der Waals surface area (Å²) in [6.45, 7) is 1.47. The van der Waals surface area contributed by atoms with Crippen LogP contribution in [0.3, 0.4) is 0 Å². The number of aryl methyl sites for hydroxylation is 1. The molecular formula is C23H21NO5S. The summed E-state index contributed by atoms with van der Waals surface area (Å²) in [7, 11) is 0. The zero-order valence-electron chi connectivity index (χ0n) is 16.4. The van der Waals surface area contributed by atoms with Crippen LogP contribution in [0.5, 0.6) is 11.5 Å². The number of hydrogen-bond donors (Lipinski definition) is 1. The molecule has 0 aliphatic heterocycles. The van der Waals surface area contributed by atoms with E-state index in [0.29, 0.717) is 22.1 Å². The van der Waals surface area contributed by atoms with Crippen molar-refractivity contribution in [3.63, 3.8) is 0 Å². The van der Waals surface area contributed by atoms with Gasteiger partial charge in [-0.1, -0.05) is 30.3 Å². The molecule has 0 aliphatic rings. The molecule has 7 heteroatoms. The highest BCUT2D eigenvalue weighted by Gasteiger charge is 2.14. The van der Waals surface area contributed by atoms with E-state index in [1.807, 2.05) is 31.2 Å². The normalized spacial score (nSPS) is 10.3. The Morgan fingerprint density at radius 2 is 1.63 bits per heavy atom. The number of para-hydroxylation sites is 3. The molecule has 1 N–H and O–H groups in total. The number of hydrogen-bond acceptors (Lipinski definition) is 6. The third-order valence-corrected chi connectivity index (χ3v) is 5.11. The van der Waals surface area contributed by atoms with Crippen LogP contribution in [0, 0.1) is 6.92 Å². The van der Waals surface area contributed by atoms with Crippen LogP contribution < -0.4 is 10.1 Å². The van der Waals surface area contributed by atoms with Crippen LogP contribution in [0.1, 0.15) is 27.4 Å². The average molecular weight is 423 g/mol. The van der Waals surface area contributed by atoms with Crippen molar-refractivity contribution in [2.45, 2.75) is 19.8 Å².